The zero-order chi connectivity index (χ0) is 26.9. The van der Waals surface area contributed by atoms with Crippen molar-refractivity contribution >= 4 is 22.8 Å². The van der Waals surface area contributed by atoms with Crippen molar-refractivity contribution in [3.63, 3.8) is 0 Å². The molecule has 1 saturated heterocycles. The number of ether oxygens (including phenoxy) is 1. The molecule has 0 amide bonds. The van der Waals surface area contributed by atoms with Gasteiger partial charge in [0.05, 0.1) is 23.4 Å². The van der Waals surface area contributed by atoms with Gasteiger partial charge in [0.25, 0.3) is 5.56 Å². The highest BCUT2D eigenvalue weighted by Gasteiger charge is 2.38. The third-order valence-corrected chi connectivity index (χ3v) is 6.52. The van der Waals surface area contributed by atoms with Gasteiger partial charge in [0, 0.05) is 22.1 Å². The van der Waals surface area contributed by atoms with Crippen LogP contribution in [0.4, 0.5) is 13.2 Å². The van der Waals surface area contributed by atoms with Gasteiger partial charge >= 0.3 is 18.1 Å². The van der Waals surface area contributed by atoms with Crippen molar-refractivity contribution in [2.75, 3.05) is 6.54 Å². The van der Waals surface area contributed by atoms with Gasteiger partial charge in [-0.2, -0.15) is 13.2 Å². The molecule has 0 saturated carbocycles. The fourth-order valence-electron chi connectivity index (χ4n) is 4.60. The highest BCUT2D eigenvalue weighted by Crippen LogP contribution is 2.35. The van der Waals surface area contributed by atoms with Crippen molar-refractivity contribution in [2.45, 2.75) is 58.0 Å². The van der Waals surface area contributed by atoms with Crippen LogP contribution < -0.4 is 10.9 Å². The van der Waals surface area contributed by atoms with E-state index in [9.17, 15) is 22.8 Å². The van der Waals surface area contributed by atoms with E-state index in [-0.39, 0.29) is 17.6 Å². The summed E-state index contributed by atoms with van der Waals surface area (Å²) in [7, 11) is 0. The Bertz CT molecular complexity index is 1410. The van der Waals surface area contributed by atoms with E-state index >= 15 is 0 Å². The lowest BCUT2D eigenvalue weighted by atomic mass is 10.0. The van der Waals surface area contributed by atoms with E-state index in [1.165, 1.54) is 0 Å². The number of aromatic nitrogens is 2. The number of benzene rings is 1. The Hall–Kier alpha value is -3.73. The normalized spacial score (nSPS) is 16.9. The monoisotopic (exact) mass is 517 g/mol. The summed E-state index contributed by atoms with van der Waals surface area (Å²) in [6.45, 7) is 5.16. The number of halogens is 3. The highest BCUT2D eigenvalue weighted by molar-refractivity contribution is 5.84. The van der Waals surface area contributed by atoms with Crippen molar-refractivity contribution in [1.29, 1.82) is 0 Å². The third kappa shape index (κ3) is 5.36. The summed E-state index contributed by atoms with van der Waals surface area (Å²) < 4.78 is 39.4. The second-order valence-electron chi connectivity index (χ2n) is 8.98. The summed E-state index contributed by atoms with van der Waals surface area (Å²) in [6, 6.07) is 11.8. The Labute approximate surface area is 210 Å². The molecule has 3 aromatic rings. The van der Waals surface area contributed by atoms with Crippen molar-refractivity contribution in [2.24, 2.45) is 0 Å². The molecule has 4 heterocycles. The van der Waals surface area contributed by atoms with E-state index < -0.39 is 18.2 Å². The topological polar surface area (TPSA) is 111 Å². The van der Waals surface area contributed by atoms with Gasteiger partial charge in [-0.1, -0.05) is 25.1 Å². The number of aliphatic carboxylic acids is 1. The average molecular weight is 518 g/mol. The fraction of sp³-hybridized carbons (Fsp3) is 0.385. The number of pyridine rings is 2. The van der Waals surface area contributed by atoms with Crippen LogP contribution in [-0.4, -0.2) is 45.4 Å². The largest absolute Gasteiger partial charge is 0.490 e. The van der Waals surface area contributed by atoms with Gasteiger partial charge in [-0.25, -0.2) is 9.78 Å². The molecule has 0 spiro atoms. The molecule has 1 fully saturated rings. The molecule has 2 aliphatic rings. The molecule has 196 valence electrons. The number of para-hydroxylation sites is 1. The van der Waals surface area contributed by atoms with Crippen molar-refractivity contribution in [3.05, 3.63) is 63.4 Å². The minimum absolute atomic E-state index is 0.0435. The third-order valence-electron chi connectivity index (χ3n) is 6.52. The van der Waals surface area contributed by atoms with Crippen LogP contribution in [0.3, 0.4) is 0 Å². The summed E-state index contributed by atoms with van der Waals surface area (Å²) in [5, 5.41) is 11.4. The number of nitrogens with one attached hydrogen (secondary N) is 1. The smallest absolute Gasteiger partial charge is 0.475 e. The number of carboxylic acids is 1. The van der Waals surface area contributed by atoms with Gasteiger partial charge < -0.3 is 19.7 Å². The molecule has 0 unspecified atom stereocenters. The Kier molecular flexibility index (Phi) is 7.35. The number of nitrogens with zero attached hydrogens (tertiary/aromatic N) is 2. The van der Waals surface area contributed by atoms with Crippen LogP contribution in [0.1, 0.15) is 49.0 Å². The SMILES string of the molecule is CC[C@@H](OC(=O)[C@@H]1CCCN1)c1cc2n(c(=O)c1C)Cc1cc3ccccc3nc1-2.O=C(O)C(F)(F)F. The Balaban J connectivity index is 0.000000405. The van der Waals surface area contributed by atoms with E-state index in [1.54, 1.807) is 4.57 Å². The van der Waals surface area contributed by atoms with E-state index in [1.807, 2.05) is 44.2 Å². The van der Waals surface area contributed by atoms with E-state index in [4.69, 9.17) is 19.6 Å². The van der Waals surface area contributed by atoms with Gasteiger partial charge in [-0.3, -0.25) is 9.59 Å². The molecule has 2 aliphatic heterocycles. The quantitative estimate of drug-likeness (QED) is 0.392. The van der Waals surface area contributed by atoms with Crippen LogP contribution in [0.25, 0.3) is 22.3 Å². The number of carbonyl (C=O) groups excluding carboxylic acids is 1. The lowest BCUT2D eigenvalue weighted by molar-refractivity contribution is -0.192. The molecule has 2 aromatic heterocycles. The number of esters is 1. The van der Waals surface area contributed by atoms with Crippen LogP contribution in [0.5, 0.6) is 0 Å². The Morgan fingerprint density at radius 3 is 2.59 bits per heavy atom. The zero-order valence-electron chi connectivity index (χ0n) is 20.3. The molecule has 8 nitrogen and oxygen atoms in total. The second kappa shape index (κ2) is 10.3. The van der Waals surface area contributed by atoms with Crippen LogP contribution in [-0.2, 0) is 20.9 Å². The maximum atomic E-state index is 13.2. The van der Waals surface area contributed by atoms with Gasteiger partial charge in [-0.15, -0.1) is 0 Å². The number of carboxylic acid groups (broad SMARTS) is 1. The van der Waals surface area contributed by atoms with Crippen molar-refractivity contribution in [1.82, 2.24) is 14.9 Å². The van der Waals surface area contributed by atoms with Gasteiger partial charge in [0.2, 0.25) is 0 Å². The maximum Gasteiger partial charge on any atom is 0.490 e. The second-order valence-corrected chi connectivity index (χ2v) is 8.98. The summed E-state index contributed by atoms with van der Waals surface area (Å²) in [6.07, 6.45) is -3.14. The van der Waals surface area contributed by atoms with Gasteiger partial charge in [0.1, 0.15) is 12.1 Å². The molecule has 5 rings (SSSR count). The Morgan fingerprint density at radius 1 is 1.27 bits per heavy atom. The predicted molar refractivity (Wildman–Crippen MR) is 129 cm³/mol. The van der Waals surface area contributed by atoms with Gasteiger partial charge in [0.15, 0.2) is 0 Å². The summed E-state index contributed by atoms with van der Waals surface area (Å²) >= 11 is 0. The highest BCUT2D eigenvalue weighted by atomic mass is 19.4. The molecule has 2 atom stereocenters. The Morgan fingerprint density at radius 2 is 1.97 bits per heavy atom. The summed E-state index contributed by atoms with van der Waals surface area (Å²) in [5.41, 5.74) is 4.96. The molecule has 0 aliphatic carbocycles. The van der Waals surface area contributed by atoms with E-state index in [0.29, 0.717) is 18.5 Å². The number of hydrogen-bond acceptors (Lipinski definition) is 6. The van der Waals surface area contributed by atoms with Crippen LogP contribution >= 0.6 is 0 Å². The van der Waals surface area contributed by atoms with E-state index in [0.717, 1.165) is 52.8 Å². The first-order valence-electron chi connectivity index (χ1n) is 11.9. The first kappa shape index (κ1) is 26.3. The van der Waals surface area contributed by atoms with Crippen LogP contribution in [0, 0.1) is 6.92 Å². The van der Waals surface area contributed by atoms with Crippen LogP contribution in [0.15, 0.2) is 41.2 Å². The molecule has 1 aromatic carbocycles. The number of alkyl halides is 3. The molecule has 0 radical (unpaired) electrons. The number of rotatable bonds is 4. The molecule has 0 bridgehead atoms. The standard InChI is InChI=1S/C24H25N3O3.C2HF3O2/c1-3-21(30-24(29)19-9-6-10-25-19)17-12-20-22-16(13-27(20)23(28)14(17)2)11-15-7-4-5-8-18(15)26-22;3-2(4,5)1(6)7/h4-5,7-8,11-12,19,21,25H,3,6,9-10,13H2,1-2H3;(H,6,7)/t19-,21+;/m0./s1. The minimum Gasteiger partial charge on any atom is -0.475 e. The van der Waals surface area contributed by atoms with Crippen molar-refractivity contribution < 1.29 is 32.6 Å². The zero-order valence-corrected chi connectivity index (χ0v) is 20.3. The molecular formula is C26H26F3N3O5. The molecular weight excluding hydrogens is 491 g/mol. The number of hydrogen-bond donors (Lipinski definition) is 2. The summed E-state index contributed by atoms with van der Waals surface area (Å²) in [5.74, 6) is -2.99. The summed E-state index contributed by atoms with van der Waals surface area (Å²) in [4.78, 5) is 39.5. The minimum atomic E-state index is -5.08. The lowest BCUT2D eigenvalue weighted by Crippen LogP contribution is -2.33. The predicted octanol–water partition coefficient (Wildman–Crippen LogP) is 4.11. The maximum absolute atomic E-state index is 13.2. The number of fused-ring (bicyclic) bond motifs is 4. The molecule has 2 N–H and O–H groups in total. The average Bonchev–Trinajstić information content (AvgIpc) is 3.52. The first-order valence-corrected chi connectivity index (χ1v) is 11.9. The number of carbonyl (C=O) groups is 2. The molecule has 11 heteroatoms. The van der Waals surface area contributed by atoms with Crippen molar-refractivity contribution in [3.8, 4) is 11.4 Å². The lowest BCUT2D eigenvalue weighted by Gasteiger charge is -2.21. The fourth-order valence-corrected chi connectivity index (χ4v) is 4.60. The van der Waals surface area contributed by atoms with Crippen LogP contribution in [0.2, 0.25) is 0 Å². The first-order chi connectivity index (χ1) is 17.5. The molecule has 37 heavy (non-hydrogen) atoms. The van der Waals surface area contributed by atoms with E-state index in [2.05, 4.69) is 11.4 Å². The van der Waals surface area contributed by atoms with Gasteiger partial charge in [-0.05, 0) is 50.9 Å².